The molecule has 0 spiro atoms. The molecule has 0 bridgehead atoms. The van der Waals surface area contributed by atoms with Crippen LogP contribution in [-0.2, 0) is 19.5 Å². The van der Waals surface area contributed by atoms with Crippen molar-refractivity contribution in [2.24, 2.45) is 0 Å². The van der Waals surface area contributed by atoms with Crippen LogP contribution in [0.25, 0.3) is 5.69 Å². The summed E-state index contributed by atoms with van der Waals surface area (Å²) in [6, 6.07) is 19.1. The van der Waals surface area contributed by atoms with Crippen LogP contribution in [0.3, 0.4) is 0 Å². The molecule has 0 unspecified atom stereocenters. The van der Waals surface area contributed by atoms with Gasteiger partial charge in [0.1, 0.15) is 0 Å². The van der Waals surface area contributed by atoms with E-state index in [4.69, 9.17) is 24.4 Å². The van der Waals surface area contributed by atoms with Crippen molar-refractivity contribution in [3.8, 4) is 5.69 Å². The lowest BCUT2D eigenvalue weighted by atomic mass is 10.0. The molecule has 2 heterocycles. The summed E-state index contributed by atoms with van der Waals surface area (Å²) in [4.78, 5) is 0. The van der Waals surface area contributed by atoms with Gasteiger partial charge in [0.15, 0.2) is 0 Å². The molecule has 3 aromatic rings. The van der Waals surface area contributed by atoms with Gasteiger partial charge in [0.2, 0.25) is 9.54 Å². The maximum atomic E-state index is 5.66. The van der Waals surface area contributed by atoms with E-state index < -0.39 is 0 Å². The van der Waals surface area contributed by atoms with E-state index in [2.05, 4.69) is 57.9 Å². The zero-order chi connectivity index (χ0) is 16.5. The van der Waals surface area contributed by atoms with Crippen molar-refractivity contribution in [1.82, 2.24) is 13.9 Å². The Morgan fingerprint density at radius 3 is 1.83 bits per heavy atom. The molecule has 0 aliphatic carbocycles. The molecule has 3 nitrogen and oxygen atoms in total. The molecule has 122 valence electrons. The van der Waals surface area contributed by atoms with Crippen LogP contribution in [0.1, 0.15) is 24.0 Å². The van der Waals surface area contributed by atoms with Crippen molar-refractivity contribution >= 4 is 24.4 Å². The summed E-state index contributed by atoms with van der Waals surface area (Å²) < 4.78 is 7.89. The van der Waals surface area contributed by atoms with Crippen molar-refractivity contribution in [1.29, 1.82) is 0 Å². The van der Waals surface area contributed by atoms with Crippen LogP contribution in [-0.4, -0.2) is 13.9 Å². The Bertz CT molecular complexity index is 925. The second kappa shape index (κ2) is 6.49. The van der Waals surface area contributed by atoms with E-state index in [9.17, 15) is 0 Å². The van der Waals surface area contributed by atoms with E-state index in [-0.39, 0.29) is 0 Å². The molecule has 1 aliphatic heterocycles. The summed E-state index contributed by atoms with van der Waals surface area (Å²) in [5, 5.41) is 0. The fourth-order valence-electron chi connectivity index (χ4n) is 3.29. The first-order valence-electron chi connectivity index (χ1n) is 8.30. The third-order valence-electron chi connectivity index (χ3n) is 4.55. The highest BCUT2D eigenvalue weighted by Gasteiger charge is 2.15. The van der Waals surface area contributed by atoms with E-state index in [1.54, 1.807) is 0 Å². The molecule has 2 aromatic carbocycles. The van der Waals surface area contributed by atoms with Crippen LogP contribution < -0.4 is 0 Å². The van der Waals surface area contributed by atoms with E-state index in [1.807, 2.05) is 10.6 Å². The second-order valence-corrected chi connectivity index (χ2v) is 6.91. The predicted molar refractivity (Wildman–Crippen MR) is 102 cm³/mol. The Labute approximate surface area is 151 Å². The fraction of sp³-hybridized carbons (Fsp3) is 0.263. The van der Waals surface area contributed by atoms with E-state index in [1.165, 1.54) is 24.0 Å². The molecule has 24 heavy (non-hydrogen) atoms. The Hall–Kier alpha value is -1.98. The van der Waals surface area contributed by atoms with Gasteiger partial charge in [0.25, 0.3) is 0 Å². The molecule has 0 saturated heterocycles. The van der Waals surface area contributed by atoms with Gasteiger partial charge in [-0.05, 0) is 67.0 Å². The third-order valence-corrected chi connectivity index (χ3v) is 5.34. The Morgan fingerprint density at radius 1 is 0.708 bits per heavy atom. The molecule has 0 N–H and O–H groups in total. The van der Waals surface area contributed by atoms with Gasteiger partial charge in [-0.2, -0.15) is 0 Å². The van der Waals surface area contributed by atoms with Crippen molar-refractivity contribution in [3.63, 3.8) is 0 Å². The maximum absolute atomic E-state index is 5.66. The van der Waals surface area contributed by atoms with Gasteiger partial charge in [-0.15, -0.1) is 0 Å². The molecule has 5 heteroatoms. The van der Waals surface area contributed by atoms with E-state index >= 15 is 0 Å². The largest absolute Gasteiger partial charge is 0.261 e. The normalized spacial score (nSPS) is 13.7. The highest BCUT2D eigenvalue weighted by atomic mass is 32.1. The summed E-state index contributed by atoms with van der Waals surface area (Å²) in [6.07, 6.45) is 3.28. The van der Waals surface area contributed by atoms with Gasteiger partial charge in [-0.25, -0.2) is 0 Å². The van der Waals surface area contributed by atoms with Gasteiger partial charge < -0.3 is 0 Å². The summed E-state index contributed by atoms with van der Waals surface area (Å²) >= 11 is 11.3. The monoisotopic (exact) mass is 353 g/mol. The first-order chi connectivity index (χ1) is 11.7. The average Bonchev–Trinajstić information content (AvgIpc) is 2.88. The number of aromatic nitrogens is 3. The lowest BCUT2D eigenvalue weighted by Crippen LogP contribution is -2.18. The average molecular weight is 354 g/mol. The van der Waals surface area contributed by atoms with Crippen LogP contribution >= 0.6 is 24.4 Å². The molecular formula is C19H19N3S2. The van der Waals surface area contributed by atoms with Crippen LogP contribution in [0.15, 0.2) is 54.6 Å². The van der Waals surface area contributed by atoms with Crippen molar-refractivity contribution < 1.29 is 0 Å². The smallest absolute Gasteiger partial charge is 0.201 e. The lowest BCUT2D eigenvalue weighted by molar-refractivity contribution is 0.357. The summed E-state index contributed by atoms with van der Waals surface area (Å²) in [5.41, 5.74) is 3.66. The van der Waals surface area contributed by atoms with E-state index in [0.29, 0.717) is 0 Å². The van der Waals surface area contributed by atoms with Gasteiger partial charge in [-0.1, -0.05) is 42.5 Å². The number of rotatable bonds is 3. The first-order valence-corrected chi connectivity index (χ1v) is 9.11. The molecular weight excluding hydrogens is 334 g/mol. The lowest BCUT2D eigenvalue weighted by Gasteiger charge is -2.15. The molecule has 0 amide bonds. The standard InChI is InChI=1S/C19H19N3S2/c23-18-20-12-4-5-13-21(20)19(24)22(18)17-10-8-16(9-11-17)14-15-6-2-1-3-7-15/h1-3,6-11H,4-5,12-14H2. The minimum atomic E-state index is 0.801. The van der Waals surface area contributed by atoms with Gasteiger partial charge in [-0.3, -0.25) is 13.9 Å². The van der Waals surface area contributed by atoms with Crippen molar-refractivity contribution in [2.45, 2.75) is 32.4 Å². The maximum Gasteiger partial charge on any atom is 0.201 e. The molecule has 4 rings (SSSR count). The molecule has 1 aromatic heterocycles. The first kappa shape index (κ1) is 15.5. The van der Waals surface area contributed by atoms with Gasteiger partial charge in [0, 0.05) is 13.1 Å². The number of hydrogen-bond acceptors (Lipinski definition) is 2. The number of fused-ring (bicyclic) bond motifs is 1. The zero-order valence-electron chi connectivity index (χ0n) is 13.4. The minimum Gasteiger partial charge on any atom is -0.261 e. The minimum absolute atomic E-state index is 0.801. The topological polar surface area (TPSA) is 14.8 Å². The third kappa shape index (κ3) is 2.78. The predicted octanol–water partition coefficient (Wildman–Crippen LogP) is 4.92. The second-order valence-electron chi connectivity index (χ2n) is 6.18. The quantitative estimate of drug-likeness (QED) is 0.621. The Balaban J connectivity index is 1.68. The van der Waals surface area contributed by atoms with E-state index in [0.717, 1.165) is 34.7 Å². The van der Waals surface area contributed by atoms with Crippen LogP contribution in [0.4, 0.5) is 0 Å². The Kier molecular flexibility index (Phi) is 4.21. The van der Waals surface area contributed by atoms with Crippen LogP contribution in [0.2, 0.25) is 0 Å². The molecule has 1 aliphatic rings. The molecule has 0 saturated carbocycles. The zero-order valence-corrected chi connectivity index (χ0v) is 15.0. The highest BCUT2D eigenvalue weighted by Crippen LogP contribution is 2.18. The van der Waals surface area contributed by atoms with Crippen molar-refractivity contribution in [3.05, 3.63) is 75.3 Å². The summed E-state index contributed by atoms with van der Waals surface area (Å²) in [6.45, 7) is 1.92. The summed E-state index contributed by atoms with van der Waals surface area (Å²) in [5.74, 6) is 0. The SMILES string of the molecule is S=c1n(-c2ccc(Cc3ccccc3)cc2)c(=S)n2n1CCCC2. The van der Waals surface area contributed by atoms with Crippen molar-refractivity contribution in [2.75, 3.05) is 0 Å². The van der Waals surface area contributed by atoms with Crippen LogP contribution in [0.5, 0.6) is 0 Å². The number of benzene rings is 2. The van der Waals surface area contributed by atoms with Gasteiger partial charge in [0.05, 0.1) is 5.69 Å². The van der Waals surface area contributed by atoms with Gasteiger partial charge >= 0.3 is 0 Å². The number of hydrogen-bond donors (Lipinski definition) is 0. The molecule has 0 radical (unpaired) electrons. The fourth-order valence-corrected chi connectivity index (χ4v) is 4.11. The Morgan fingerprint density at radius 2 is 1.25 bits per heavy atom. The number of nitrogens with zero attached hydrogens (tertiary/aromatic N) is 3. The highest BCUT2D eigenvalue weighted by molar-refractivity contribution is 7.72. The van der Waals surface area contributed by atoms with Crippen LogP contribution in [0, 0.1) is 9.54 Å². The molecule has 0 atom stereocenters. The molecule has 0 fully saturated rings. The summed E-state index contributed by atoms with van der Waals surface area (Å²) in [7, 11) is 0.